The van der Waals surface area contributed by atoms with Crippen LogP contribution in [0, 0.1) is 0 Å². The van der Waals surface area contributed by atoms with Crippen molar-refractivity contribution < 1.29 is 27.1 Å². The van der Waals surface area contributed by atoms with Gasteiger partial charge in [-0.3, -0.25) is 9.78 Å². The summed E-state index contributed by atoms with van der Waals surface area (Å²) in [6.45, 7) is -2.18. The van der Waals surface area contributed by atoms with E-state index in [1.165, 1.54) is 6.07 Å². The highest BCUT2D eigenvalue weighted by Crippen LogP contribution is 2.23. The molecule has 0 aliphatic heterocycles. The largest absolute Gasteiger partial charge is 0.367 e. The molecule has 0 spiro atoms. The second-order valence-electron chi connectivity index (χ2n) is 4.39. The summed E-state index contributed by atoms with van der Waals surface area (Å²) >= 11 is 0. The molecule has 0 fully saturated rings. The molecule has 0 aliphatic rings. The second kappa shape index (κ2) is 6.17. The van der Waals surface area contributed by atoms with Gasteiger partial charge in [0.2, 0.25) is 0 Å². The van der Waals surface area contributed by atoms with Gasteiger partial charge in [-0.15, -0.1) is 0 Å². The summed E-state index contributed by atoms with van der Waals surface area (Å²) < 4.78 is 53.4. The van der Waals surface area contributed by atoms with Gasteiger partial charge in [-0.05, 0) is 24.3 Å². The number of carbonyl (C=O) groups excluding carboxylic acids is 1. The van der Waals surface area contributed by atoms with Crippen molar-refractivity contribution in [1.29, 1.82) is 0 Å². The monoisotopic (exact) mass is 301 g/mol. The number of hydrogen-bond acceptors (Lipinski definition) is 3. The van der Waals surface area contributed by atoms with Gasteiger partial charge in [-0.25, -0.2) is 8.78 Å². The van der Waals surface area contributed by atoms with E-state index in [1.54, 1.807) is 30.5 Å². The summed E-state index contributed by atoms with van der Waals surface area (Å²) in [7, 11) is 0. The Hall–Kier alpha value is -2.02. The van der Waals surface area contributed by atoms with E-state index in [2.05, 4.69) is 9.72 Å². The van der Waals surface area contributed by atoms with Gasteiger partial charge in [0.05, 0.1) is 5.52 Å². The van der Waals surface area contributed by atoms with Crippen LogP contribution in [0.4, 0.5) is 17.6 Å². The average molecular weight is 301 g/mol. The Kier molecular flexibility index (Phi) is 4.52. The van der Waals surface area contributed by atoms with E-state index in [1.807, 2.05) is 0 Å². The van der Waals surface area contributed by atoms with Crippen molar-refractivity contribution in [2.24, 2.45) is 0 Å². The van der Waals surface area contributed by atoms with E-state index < -0.39 is 31.3 Å². The van der Waals surface area contributed by atoms with E-state index in [0.717, 1.165) is 0 Å². The number of ketones is 1. The molecule has 1 aromatic carbocycles. The Bertz CT molecular complexity index is 646. The first-order valence-electron chi connectivity index (χ1n) is 6.02. The zero-order chi connectivity index (χ0) is 15.5. The van der Waals surface area contributed by atoms with Crippen LogP contribution < -0.4 is 0 Å². The number of benzene rings is 1. The number of nitrogens with zero attached hydrogens (tertiary/aromatic N) is 1. The topological polar surface area (TPSA) is 39.2 Å². The zero-order valence-electron chi connectivity index (χ0n) is 10.7. The van der Waals surface area contributed by atoms with Crippen molar-refractivity contribution >= 4 is 16.7 Å². The molecule has 0 aliphatic carbocycles. The quantitative estimate of drug-likeness (QED) is 0.607. The van der Waals surface area contributed by atoms with Crippen LogP contribution in [0.1, 0.15) is 10.4 Å². The van der Waals surface area contributed by atoms with Crippen molar-refractivity contribution in [1.82, 2.24) is 4.98 Å². The standard InChI is InChI=1S/C14H11F4NO2/c15-13(16)14(17,18)8-21-7-12(20)10-3-4-11-9(6-10)2-1-5-19-11/h1-6,13H,7-8H2. The molecule has 2 rings (SSSR count). The molecule has 21 heavy (non-hydrogen) atoms. The Morgan fingerprint density at radius 3 is 2.76 bits per heavy atom. The Morgan fingerprint density at radius 2 is 2.05 bits per heavy atom. The van der Waals surface area contributed by atoms with Crippen LogP contribution in [0.25, 0.3) is 10.9 Å². The minimum Gasteiger partial charge on any atom is -0.367 e. The van der Waals surface area contributed by atoms with E-state index >= 15 is 0 Å². The normalized spacial score (nSPS) is 12.0. The molecule has 0 saturated heterocycles. The van der Waals surface area contributed by atoms with Crippen molar-refractivity contribution in [3.05, 3.63) is 42.1 Å². The first-order chi connectivity index (χ1) is 9.90. The third kappa shape index (κ3) is 3.75. The van der Waals surface area contributed by atoms with Gasteiger partial charge in [0, 0.05) is 17.1 Å². The molecule has 2 aromatic rings. The molecule has 0 radical (unpaired) electrons. The average Bonchev–Trinajstić information content (AvgIpc) is 2.46. The SMILES string of the molecule is O=C(COCC(F)(F)C(F)F)c1ccc2ncccc2c1. The van der Waals surface area contributed by atoms with Gasteiger partial charge < -0.3 is 4.74 Å². The molecule has 7 heteroatoms. The predicted molar refractivity (Wildman–Crippen MR) is 67.8 cm³/mol. The van der Waals surface area contributed by atoms with Gasteiger partial charge in [0.15, 0.2) is 5.78 Å². The number of rotatable bonds is 6. The van der Waals surface area contributed by atoms with Crippen molar-refractivity contribution in [2.45, 2.75) is 12.3 Å². The summed E-state index contributed by atoms with van der Waals surface area (Å²) in [6.07, 6.45) is -2.22. The fourth-order valence-corrected chi connectivity index (χ4v) is 1.68. The number of Topliss-reactive ketones (excluding diaryl/α,β-unsaturated/α-hetero) is 1. The van der Waals surface area contributed by atoms with Gasteiger partial charge >= 0.3 is 12.3 Å². The first kappa shape index (κ1) is 15.4. The zero-order valence-corrected chi connectivity index (χ0v) is 10.7. The number of alkyl halides is 4. The molecule has 0 atom stereocenters. The van der Waals surface area contributed by atoms with Gasteiger partial charge in [0.25, 0.3) is 0 Å². The molecule has 0 N–H and O–H groups in total. The number of hydrogen-bond donors (Lipinski definition) is 0. The van der Waals surface area contributed by atoms with Gasteiger partial charge in [0.1, 0.15) is 13.2 Å². The molecule has 0 saturated carbocycles. The molecule has 0 amide bonds. The van der Waals surface area contributed by atoms with Crippen molar-refractivity contribution in [3.8, 4) is 0 Å². The van der Waals surface area contributed by atoms with Crippen molar-refractivity contribution in [3.63, 3.8) is 0 Å². The van der Waals surface area contributed by atoms with Crippen LogP contribution in [0.5, 0.6) is 0 Å². The van der Waals surface area contributed by atoms with Crippen LogP contribution in [-0.4, -0.2) is 36.3 Å². The highest BCUT2D eigenvalue weighted by atomic mass is 19.3. The number of pyridine rings is 1. The number of aromatic nitrogens is 1. The smallest absolute Gasteiger partial charge is 0.330 e. The van der Waals surface area contributed by atoms with Gasteiger partial charge in [-0.1, -0.05) is 6.07 Å². The van der Waals surface area contributed by atoms with Crippen LogP contribution >= 0.6 is 0 Å². The maximum absolute atomic E-state index is 12.6. The molecule has 3 nitrogen and oxygen atoms in total. The highest BCUT2D eigenvalue weighted by Gasteiger charge is 2.41. The molecular formula is C14H11F4NO2. The minimum absolute atomic E-state index is 0.246. The number of carbonyl (C=O) groups is 1. The first-order valence-corrected chi connectivity index (χ1v) is 6.02. The van der Waals surface area contributed by atoms with Crippen LogP contribution in [0.15, 0.2) is 36.5 Å². The summed E-state index contributed by atoms with van der Waals surface area (Å²) in [6, 6.07) is 8.06. The van der Waals surface area contributed by atoms with Crippen LogP contribution in [0.2, 0.25) is 0 Å². The van der Waals surface area contributed by atoms with E-state index in [-0.39, 0.29) is 5.56 Å². The number of halogens is 4. The maximum atomic E-state index is 12.6. The second-order valence-corrected chi connectivity index (χ2v) is 4.39. The molecule has 0 bridgehead atoms. The number of ether oxygens (including phenoxy) is 1. The molecule has 1 aromatic heterocycles. The lowest BCUT2D eigenvalue weighted by atomic mass is 10.1. The van der Waals surface area contributed by atoms with Crippen LogP contribution in [0.3, 0.4) is 0 Å². The molecular weight excluding hydrogens is 290 g/mol. The lowest BCUT2D eigenvalue weighted by Gasteiger charge is -2.14. The van der Waals surface area contributed by atoms with Gasteiger partial charge in [-0.2, -0.15) is 8.78 Å². The lowest BCUT2D eigenvalue weighted by Crippen LogP contribution is -2.33. The molecule has 0 unspecified atom stereocenters. The van der Waals surface area contributed by atoms with E-state index in [0.29, 0.717) is 10.9 Å². The van der Waals surface area contributed by atoms with Crippen molar-refractivity contribution in [2.75, 3.05) is 13.2 Å². The third-order valence-corrected chi connectivity index (χ3v) is 2.77. The fraction of sp³-hybridized carbons (Fsp3) is 0.286. The molecule has 1 heterocycles. The number of fused-ring (bicyclic) bond motifs is 1. The predicted octanol–water partition coefficient (Wildman–Crippen LogP) is 3.33. The Balaban J connectivity index is 1.99. The Morgan fingerprint density at radius 1 is 1.29 bits per heavy atom. The molecule has 112 valence electrons. The highest BCUT2D eigenvalue weighted by molar-refractivity contribution is 6.00. The maximum Gasteiger partial charge on any atom is 0.330 e. The fourth-order valence-electron chi connectivity index (χ4n) is 1.68. The summed E-state index contributed by atoms with van der Waals surface area (Å²) in [5, 5.41) is 0.710. The lowest BCUT2D eigenvalue weighted by molar-refractivity contribution is -0.163. The Labute approximate surface area is 117 Å². The van der Waals surface area contributed by atoms with E-state index in [4.69, 9.17) is 0 Å². The summed E-state index contributed by atoms with van der Waals surface area (Å²) in [5.74, 6) is -4.82. The van der Waals surface area contributed by atoms with Crippen LogP contribution in [-0.2, 0) is 4.74 Å². The van der Waals surface area contributed by atoms with E-state index in [9.17, 15) is 22.4 Å². The third-order valence-electron chi connectivity index (χ3n) is 2.77. The summed E-state index contributed by atoms with van der Waals surface area (Å²) in [4.78, 5) is 15.8. The summed E-state index contributed by atoms with van der Waals surface area (Å²) in [5.41, 5.74) is 0.926. The minimum atomic E-state index is -4.26.